The molecule has 4 bridgehead atoms. The Morgan fingerprint density at radius 3 is 0.962 bits per heavy atom. The van der Waals surface area contributed by atoms with Crippen LogP contribution in [-0.2, 0) is 9.47 Å². The van der Waals surface area contributed by atoms with Crippen molar-refractivity contribution >= 4 is 11.4 Å². The average molecular weight is 1060 g/mol. The minimum atomic E-state index is -0.239. The summed E-state index contributed by atoms with van der Waals surface area (Å²) in [5.74, 6) is 2.03. The van der Waals surface area contributed by atoms with Crippen LogP contribution in [0, 0.1) is 102 Å². The Hall–Kier alpha value is -4.67. The molecule has 4 aromatic heterocycles. The van der Waals surface area contributed by atoms with Gasteiger partial charge in [-0.05, 0) is 150 Å². The molecule has 6 aromatic rings. The minimum absolute atomic E-state index is 0. The zero-order chi connectivity index (χ0) is 54.1. The first-order chi connectivity index (χ1) is 36.3. The maximum absolute atomic E-state index is 13.7. The van der Waals surface area contributed by atoms with E-state index >= 15 is 0 Å². The van der Waals surface area contributed by atoms with Gasteiger partial charge in [0.15, 0.2) is 0 Å². The summed E-state index contributed by atoms with van der Waals surface area (Å²) in [5, 5.41) is 24.9. The van der Waals surface area contributed by atoms with E-state index in [1.165, 1.54) is 73.9 Å². The first-order valence-electron chi connectivity index (χ1n) is 28.1. The van der Waals surface area contributed by atoms with Crippen molar-refractivity contribution in [1.29, 1.82) is 0 Å². The summed E-state index contributed by atoms with van der Waals surface area (Å²) in [5.41, 5.74) is 14.0. The quantitative estimate of drug-likeness (QED) is 0.104. The maximum atomic E-state index is 13.7. The molecule has 14 rings (SSSR count). The molecule has 2 saturated carbocycles. The third-order valence-corrected chi connectivity index (χ3v) is 17.6. The molecule has 6 heterocycles. The van der Waals surface area contributed by atoms with Crippen molar-refractivity contribution in [2.75, 3.05) is 26.4 Å². The van der Waals surface area contributed by atoms with Gasteiger partial charge in [-0.15, -0.1) is 50.5 Å². The number of halogens is 2. The maximum Gasteiger partial charge on any atom is 1.00 e. The van der Waals surface area contributed by atoms with Crippen LogP contribution in [0.3, 0.4) is 0 Å². The van der Waals surface area contributed by atoms with Crippen LogP contribution in [0.4, 0.5) is 20.2 Å². The van der Waals surface area contributed by atoms with E-state index < -0.39 is 0 Å². The van der Waals surface area contributed by atoms with Gasteiger partial charge in [-0.2, -0.15) is 0 Å². The third-order valence-electron chi connectivity index (χ3n) is 17.6. The number of benzene rings is 2. The van der Waals surface area contributed by atoms with Gasteiger partial charge in [0.2, 0.25) is 35.1 Å². The second kappa shape index (κ2) is 25.8. The predicted molar refractivity (Wildman–Crippen MR) is 293 cm³/mol. The van der Waals surface area contributed by atoms with E-state index in [0.717, 1.165) is 108 Å². The number of aromatic nitrogens is 8. The Morgan fingerprint density at radius 2 is 0.756 bits per heavy atom. The summed E-state index contributed by atoms with van der Waals surface area (Å²) in [4.78, 5) is 0. The number of ether oxygens (including phenoxy) is 2. The van der Waals surface area contributed by atoms with Gasteiger partial charge in [0.05, 0.1) is 22.8 Å². The fourth-order valence-electron chi connectivity index (χ4n) is 13.1. The van der Waals surface area contributed by atoms with Crippen molar-refractivity contribution < 1.29 is 76.4 Å². The molecule has 408 valence electrons. The number of aryl methyl sites for hydroxylation is 8. The molecule has 78 heavy (non-hydrogen) atoms. The van der Waals surface area contributed by atoms with E-state index in [1.807, 2.05) is 0 Å². The molecule has 2 aliphatic heterocycles. The largest absolute Gasteiger partial charge is 1.00 e. The van der Waals surface area contributed by atoms with Crippen molar-refractivity contribution in [1.82, 2.24) is 18.7 Å². The number of hydrogen-bond donors (Lipinski definition) is 0. The molecule has 16 heteroatoms. The first-order valence-corrected chi connectivity index (χ1v) is 28.1. The van der Waals surface area contributed by atoms with Crippen LogP contribution >= 0.6 is 0 Å². The molecule has 0 spiro atoms. The van der Waals surface area contributed by atoms with Gasteiger partial charge in [-0.1, -0.05) is 75.3 Å². The number of H-pyrrole nitrogens is 4. The first kappa shape index (κ1) is 61.0. The van der Waals surface area contributed by atoms with Crippen molar-refractivity contribution in [3.05, 3.63) is 164 Å². The predicted octanol–water partition coefficient (Wildman–Crippen LogP) is 6.41. The zero-order valence-corrected chi connectivity index (χ0v) is 49.4. The molecule has 2 aromatic carbocycles. The fourth-order valence-corrected chi connectivity index (χ4v) is 13.1. The van der Waals surface area contributed by atoms with E-state index in [0.29, 0.717) is 11.8 Å². The number of nitrogens with zero attached hydrogens (tertiary/aromatic N) is 6. The summed E-state index contributed by atoms with van der Waals surface area (Å²) in [6.45, 7) is 30.5. The molecule has 0 amide bonds. The Bertz CT molecular complexity index is 2670. The van der Waals surface area contributed by atoms with Crippen LogP contribution in [0.25, 0.3) is 10.6 Å². The van der Waals surface area contributed by atoms with E-state index in [9.17, 15) is 8.78 Å². The van der Waals surface area contributed by atoms with Crippen LogP contribution < -0.4 is 58.1 Å². The topological polar surface area (TPSA) is 123 Å². The zero-order valence-electron chi connectivity index (χ0n) is 49.4. The van der Waals surface area contributed by atoms with Gasteiger partial charge in [0.25, 0.3) is 0 Å². The van der Waals surface area contributed by atoms with Gasteiger partial charge >= 0.3 is 37.7 Å². The van der Waals surface area contributed by atoms with Crippen LogP contribution in [-0.4, -0.2) is 57.2 Å². The van der Waals surface area contributed by atoms with Crippen LogP contribution in [0.5, 0.6) is 0 Å². The summed E-state index contributed by atoms with van der Waals surface area (Å²) in [7, 11) is 0. The van der Waals surface area contributed by atoms with Crippen LogP contribution in [0.2, 0.25) is 0 Å². The Balaban J connectivity index is 0.000000187. The van der Waals surface area contributed by atoms with Gasteiger partial charge in [-0.3, -0.25) is 0 Å². The van der Waals surface area contributed by atoms with Crippen molar-refractivity contribution in [3.63, 3.8) is 0 Å². The number of aromatic amines is 4. The van der Waals surface area contributed by atoms with E-state index in [1.54, 1.807) is 24.3 Å². The van der Waals surface area contributed by atoms with Crippen LogP contribution in [0.15, 0.2) is 96.1 Å². The normalized spacial score (nSPS) is 21.8. The Morgan fingerprint density at radius 1 is 0.474 bits per heavy atom. The molecule has 6 atom stereocenters. The SMILES string of the molecule is C1CCOC1.C1CCOC1.Cc1cc(C)n(C([C@@H]([N-]c2ccc(F)cc2)C2=CC[C@@H]3C[C@H]2C3(C)C)n2[nH+]c(C)cc2C)[nH+]1.Cc1cc(C)n(C([C@H]([N-]c2ccc(F)cc2)C2=CC[C@@H]3C[C@H]2C3(C)C)n2[nH+]c(C)cc2C)[nH+]1.[Li+].[Li+]. The number of fused-ring (bicyclic) bond motifs is 2. The van der Waals surface area contributed by atoms with E-state index in [2.05, 4.69) is 159 Å². The molecular weight excluding hydrogens is 969 g/mol. The molecule has 0 radical (unpaired) electrons. The third kappa shape index (κ3) is 13.2. The summed E-state index contributed by atoms with van der Waals surface area (Å²) >= 11 is 0. The standard InChI is InChI=1S/2C27H33FN5.2C4H8O.2Li/c2*1-16-13-18(3)32(30-16)26(33-19(4)14-17(2)31-33)25(29-22-10-8-21(28)9-11-22)23-12-7-20-15-24(23)27(20,5)6;2*1-2-4-5-3-1;;/h2*8-14,20,24-26H,7,15H2,1-6H3;2*1-4H2;;/q2*-1;;;2*+1/p+4/t20-,24-,25+;20-,24-,25-;;;;/m11..../s1. The van der Waals surface area contributed by atoms with Crippen molar-refractivity contribution in [2.24, 2.45) is 34.5 Å². The molecule has 4 N–H and O–H groups in total. The second-order valence-corrected chi connectivity index (χ2v) is 23.9. The summed E-state index contributed by atoms with van der Waals surface area (Å²) in [6.07, 6.45) is 14.4. The summed E-state index contributed by atoms with van der Waals surface area (Å²) in [6, 6.07) is 21.5. The Kier molecular flexibility index (Phi) is 20.2. The van der Waals surface area contributed by atoms with Gasteiger partial charge < -0.3 is 20.1 Å². The number of rotatable bonds is 12. The molecule has 0 unspecified atom stereocenters. The van der Waals surface area contributed by atoms with E-state index in [-0.39, 0.29) is 84.6 Å². The van der Waals surface area contributed by atoms with E-state index in [4.69, 9.17) is 20.1 Å². The van der Waals surface area contributed by atoms with Crippen molar-refractivity contribution in [3.8, 4) is 0 Å². The molecular formula is C62H86F2Li2N10O2+4. The molecule has 4 fully saturated rings. The molecule has 12 nitrogen and oxygen atoms in total. The monoisotopic (exact) mass is 1050 g/mol. The average Bonchev–Trinajstić information content (AvgIpc) is 4.34. The van der Waals surface area contributed by atoms with Gasteiger partial charge in [-0.25, -0.2) is 8.78 Å². The number of hydrogen-bond acceptors (Lipinski definition) is 2. The van der Waals surface area contributed by atoms with Crippen molar-refractivity contribution in [2.45, 2.75) is 159 Å². The second-order valence-electron chi connectivity index (χ2n) is 23.9. The van der Waals surface area contributed by atoms with Gasteiger partial charge in [0.1, 0.15) is 11.6 Å². The van der Waals surface area contributed by atoms with Gasteiger partial charge in [0, 0.05) is 78.4 Å². The molecule has 8 aliphatic rings. The molecule has 2 saturated heterocycles. The summed E-state index contributed by atoms with van der Waals surface area (Å²) < 4.78 is 46.2. The Labute approximate surface area is 487 Å². The minimum Gasteiger partial charge on any atom is -0.675 e. The molecule has 6 aliphatic carbocycles. The number of nitrogens with one attached hydrogen (secondary N) is 4. The number of allylic oxidation sites excluding steroid dienone is 2. The van der Waals surface area contributed by atoms with Crippen LogP contribution in [0.1, 0.15) is 137 Å². The fraction of sp³-hybridized carbons (Fsp3) is 0.548. The smallest absolute Gasteiger partial charge is 0.675 e.